The number of hydrogen-bond donors (Lipinski definition) is 2. The summed E-state index contributed by atoms with van der Waals surface area (Å²) in [5.41, 5.74) is 12.9. The van der Waals surface area contributed by atoms with Gasteiger partial charge in [0, 0.05) is 0 Å². The van der Waals surface area contributed by atoms with Crippen LogP contribution in [0, 0.1) is 0 Å². The normalized spacial score (nSPS) is 20.8. The Morgan fingerprint density at radius 2 is 2.05 bits per heavy atom. The molecule has 2 heteroatoms. The zero-order valence-electron chi connectivity index (χ0n) is 11.4. The number of benzene rings is 1. The molecule has 1 aromatic rings. The van der Waals surface area contributed by atoms with Crippen molar-refractivity contribution in [3.05, 3.63) is 90.1 Å². The highest BCUT2D eigenvalue weighted by atomic mass is 15.4. The van der Waals surface area contributed by atoms with Crippen molar-refractivity contribution < 1.29 is 0 Å². The van der Waals surface area contributed by atoms with Gasteiger partial charge in [-0.3, -0.25) is 0 Å². The molecule has 1 unspecified atom stereocenters. The van der Waals surface area contributed by atoms with Crippen molar-refractivity contribution in [3.63, 3.8) is 0 Å². The summed E-state index contributed by atoms with van der Waals surface area (Å²) in [6.07, 6.45) is 11.0. The standard InChI is InChI=1S/C18H18N2/c1-3-7-13(4-2)14-10-11-15(12-14)18-16-8-5-6-9-17(16)19-20-18/h3-11,18-20H,1-2,12H2/b13-7+. The van der Waals surface area contributed by atoms with Gasteiger partial charge in [-0.1, -0.05) is 61.7 Å². The number of fused-ring (bicyclic) bond motifs is 1. The lowest BCUT2D eigenvalue weighted by Gasteiger charge is -2.14. The Labute approximate surface area is 119 Å². The van der Waals surface area contributed by atoms with Crippen LogP contribution < -0.4 is 10.9 Å². The van der Waals surface area contributed by atoms with Crippen molar-refractivity contribution in [1.29, 1.82) is 0 Å². The van der Waals surface area contributed by atoms with Crippen molar-refractivity contribution >= 4 is 5.69 Å². The van der Waals surface area contributed by atoms with Gasteiger partial charge in [0.05, 0.1) is 11.7 Å². The number of anilines is 1. The molecule has 0 bridgehead atoms. The summed E-state index contributed by atoms with van der Waals surface area (Å²) in [4.78, 5) is 0. The Balaban J connectivity index is 1.79. The van der Waals surface area contributed by atoms with Gasteiger partial charge < -0.3 is 5.43 Å². The van der Waals surface area contributed by atoms with E-state index in [1.54, 1.807) is 6.08 Å². The van der Waals surface area contributed by atoms with Crippen LogP contribution in [0.3, 0.4) is 0 Å². The molecular formula is C18H18N2. The van der Waals surface area contributed by atoms with Gasteiger partial charge in [0.15, 0.2) is 0 Å². The van der Waals surface area contributed by atoms with Crippen LogP contribution in [0.1, 0.15) is 18.0 Å². The molecule has 1 atom stereocenters. The molecule has 0 amide bonds. The molecule has 1 aliphatic carbocycles. The fraction of sp³-hybridized carbons (Fsp3) is 0.111. The van der Waals surface area contributed by atoms with E-state index in [9.17, 15) is 0 Å². The fourth-order valence-electron chi connectivity index (χ4n) is 2.76. The number of para-hydroxylation sites is 1. The van der Waals surface area contributed by atoms with Crippen LogP contribution in [0.25, 0.3) is 0 Å². The fourth-order valence-corrected chi connectivity index (χ4v) is 2.76. The van der Waals surface area contributed by atoms with Crippen molar-refractivity contribution in [2.75, 3.05) is 5.43 Å². The molecule has 1 aliphatic heterocycles. The van der Waals surface area contributed by atoms with Crippen molar-refractivity contribution in [1.82, 2.24) is 5.43 Å². The van der Waals surface area contributed by atoms with Gasteiger partial charge in [0.1, 0.15) is 0 Å². The maximum atomic E-state index is 3.87. The summed E-state index contributed by atoms with van der Waals surface area (Å²) in [6.45, 7) is 7.63. The predicted molar refractivity (Wildman–Crippen MR) is 85.2 cm³/mol. The molecule has 3 rings (SSSR count). The van der Waals surface area contributed by atoms with Gasteiger partial charge in [-0.2, -0.15) is 0 Å². The average molecular weight is 262 g/mol. The third-order valence-electron chi connectivity index (χ3n) is 3.78. The molecular weight excluding hydrogens is 244 g/mol. The van der Waals surface area contributed by atoms with E-state index in [1.165, 1.54) is 16.7 Å². The molecule has 2 N–H and O–H groups in total. The van der Waals surface area contributed by atoms with Gasteiger partial charge in [-0.15, -0.1) is 0 Å². The molecule has 1 heterocycles. The van der Waals surface area contributed by atoms with E-state index < -0.39 is 0 Å². The Kier molecular flexibility index (Phi) is 3.40. The summed E-state index contributed by atoms with van der Waals surface area (Å²) < 4.78 is 0. The first-order valence-corrected chi connectivity index (χ1v) is 6.79. The van der Waals surface area contributed by atoms with E-state index in [1.807, 2.05) is 18.2 Å². The summed E-state index contributed by atoms with van der Waals surface area (Å²) in [5, 5.41) is 0. The van der Waals surface area contributed by atoms with Crippen LogP contribution >= 0.6 is 0 Å². The van der Waals surface area contributed by atoms with E-state index in [2.05, 4.69) is 54.4 Å². The van der Waals surface area contributed by atoms with Crippen LogP contribution in [-0.2, 0) is 0 Å². The van der Waals surface area contributed by atoms with E-state index in [0.29, 0.717) is 0 Å². The second-order valence-electron chi connectivity index (χ2n) is 4.96. The summed E-state index contributed by atoms with van der Waals surface area (Å²) in [6, 6.07) is 8.64. The first-order valence-electron chi connectivity index (χ1n) is 6.79. The summed E-state index contributed by atoms with van der Waals surface area (Å²) >= 11 is 0. The highest BCUT2D eigenvalue weighted by Gasteiger charge is 2.26. The molecule has 0 radical (unpaired) electrons. The monoisotopic (exact) mass is 262 g/mol. The molecule has 1 aromatic carbocycles. The smallest absolute Gasteiger partial charge is 0.0746 e. The summed E-state index contributed by atoms with van der Waals surface area (Å²) in [7, 11) is 0. The molecule has 0 aromatic heterocycles. The SMILES string of the molecule is C=C/C=C(\C=C)C1=CC=C(C2NNc3ccccc32)C1. The molecule has 2 nitrogen and oxygen atoms in total. The molecule has 0 saturated heterocycles. The molecule has 20 heavy (non-hydrogen) atoms. The van der Waals surface area contributed by atoms with Crippen LogP contribution in [0.15, 0.2) is 84.5 Å². The van der Waals surface area contributed by atoms with Gasteiger partial charge >= 0.3 is 0 Å². The molecule has 0 fully saturated rings. The number of rotatable bonds is 4. The first kappa shape index (κ1) is 12.7. The maximum absolute atomic E-state index is 3.87. The third kappa shape index (κ3) is 2.15. The van der Waals surface area contributed by atoms with Crippen molar-refractivity contribution in [3.8, 4) is 0 Å². The highest BCUT2D eigenvalue weighted by Crippen LogP contribution is 2.38. The molecule has 2 aliphatic rings. The maximum Gasteiger partial charge on any atom is 0.0746 e. The third-order valence-corrected chi connectivity index (χ3v) is 3.78. The second kappa shape index (κ2) is 5.35. The number of nitrogens with one attached hydrogen (secondary N) is 2. The van der Waals surface area contributed by atoms with Crippen molar-refractivity contribution in [2.45, 2.75) is 12.5 Å². The summed E-state index contributed by atoms with van der Waals surface area (Å²) in [5.74, 6) is 0. The lowest BCUT2D eigenvalue weighted by atomic mass is 9.95. The largest absolute Gasteiger partial charge is 0.320 e. The highest BCUT2D eigenvalue weighted by molar-refractivity contribution is 5.60. The average Bonchev–Trinajstić information content (AvgIpc) is 3.11. The van der Waals surface area contributed by atoms with Crippen molar-refractivity contribution in [2.24, 2.45) is 0 Å². The lowest BCUT2D eigenvalue weighted by molar-refractivity contribution is 0.699. The predicted octanol–water partition coefficient (Wildman–Crippen LogP) is 4.21. The molecule has 0 saturated carbocycles. The van der Waals surface area contributed by atoms with E-state index in [-0.39, 0.29) is 6.04 Å². The molecule has 0 spiro atoms. The number of hydrazine groups is 1. The van der Waals surface area contributed by atoms with E-state index >= 15 is 0 Å². The Morgan fingerprint density at radius 3 is 2.85 bits per heavy atom. The van der Waals surface area contributed by atoms with Crippen LogP contribution in [0.5, 0.6) is 0 Å². The zero-order valence-corrected chi connectivity index (χ0v) is 11.4. The van der Waals surface area contributed by atoms with Crippen LogP contribution in [-0.4, -0.2) is 0 Å². The minimum Gasteiger partial charge on any atom is -0.320 e. The quantitative estimate of drug-likeness (QED) is 0.794. The van der Waals surface area contributed by atoms with Gasteiger partial charge in [0.25, 0.3) is 0 Å². The second-order valence-corrected chi connectivity index (χ2v) is 4.96. The minimum atomic E-state index is 0.245. The minimum absolute atomic E-state index is 0.245. The van der Waals surface area contributed by atoms with Crippen LogP contribution in [0.4, 0.5) is 5.69 Å². The van der Waals surface area contributed by atoms with E-state index in [0.717, 1.165) is 17.7 Å². The Bertz CT molecular complexity index is 647. The Morgan fingerprint density at radius 1 is 1.20 bits per heavy atom. The Hall–Kier alpha value is -2.32. The number of hydrogen-bond acceptors (Lipinski definition) is 2. The van der Waals surface area contributed by atoms with Gasteiger partial charge in [-0.25, -0.2) is 5.43 Å². The zero-order chi connectivity index (χ0) is 13.9. The van der Waals surface area contributed by atoms with Crippen LogP contribution in [0.2, 0.25) is 0 Å². The molecule has 100 valence electrons. The van der Waals surface area contributed by atoms with E-state index in [4.69, 9.17) is 0 Å². The first-order chi connectivity index (χ1) is 9.83. The lowest BCUT2D eigenvalue weighted by Crippen LogP contribution is -2.20. The number of allylic oxidation sites excluding steroid dienone is 7. The van der Waals surface area contributed by atoms with Gasteiger partial charge in [-0.05, 0) is 34.8 Å². The topological polar surface area (TPSA) is 24.1 Å². The van der Waals surface area contributed by atoms with Gasteiger partial charge in [0.2, 0.25) is 0 Å².